The first-order valence-electron chi connectivity index (χ1n) is 2.72. The van der Waals surface area contributed by atoms with Crippen LogP contribution >= 0.6 is 24.0 Å². The van der Waals surface area contributed by atoms with Crippen molar-refractivity contribution in [2.45, 2.75) is 20.8 Å². The van der Waals surface area contributed by atoms with Crippen LogP contribution in [0.2, 0.25) is 0 Å². The summed E-state index contributed by atoms with van der Waals surface area (Å²) in [4.78, 5) is 0. The number of nitrogens with one attached hydrogen (secondary N) is 1. The van der Waals surface area contributed by atoms with Gasteiger partial charge in [-0.2, -0.15) is 15.4 Å². The topological polar surface area (TPSA) is 41.6 Å². The average molecular weight is 241 g/mol. The number of aryl methyl sites for hydroxylation is 1. The van der Waals surface area contributed by atoms with Crippen molar-refractivity contribution in [3.63, 3.8) is 0 Å². The maximum atomic E-state index is 3.68. The summed E-state index contributed by atoms with van der Waals surface area (Å²) in [7, 11) is 0. The monoisotopic (exact) mass is 241 g/mol. The van der Waals surface area contributed by atoms with Crippen molar-refractivity contribution in [1.29, 1.82) is 0 Å². The molecule has 0 radical (unpaired) electrons. The normalized spacial score (nSPS) is 6.56. The van der Waals surface area contributed by atoms with Crippen molar-refractivity contribution in [1.82, 2.24) is 15.4 Å². The van der Waals surface area contributed by atoms with Crippen LogP contribution < -0.4 is 0 Å². The van der Waals surface area contributed by atoms with E-state index in [1.165, 1.54) is 0 Å². The summed E-state index contributed by atoms with van der Waals surface area (Å²) in [6.45, 7) is 5.88. The maximum absolute atomic E-state index is 3.68. The molecule has 9 heavy (non-hydrogen) atoms. The second-order valence-electron chi connectivity index (χ2n) is 1.11. The first kappa shape index (κ1) is 11.6. The minimum atomic E-state index is 0. The van der Waals surface area contributed by atoms with Crippen LogP contribution in [0.1, 0.15) is 19.5 Å². The predicted octanol–water partition coefficient (Wildman–Crippen LogP) is 1.76. The number of rotatable bonds is 0. The number of halogens is 1. The Kier molecular flexibility index (Phi) is 10.2. The second-order valence-corrected chi connectivity index (χ2v) is 1.11. The van der Waals surface area contributed by atoms with Crippen molar-refractivity contribution in [3.8, 4) is 0 Å². The van der Waals surface area contributed by atoms with Crippen LogP contribution in [0.5, 0.6) is 0 Å². The van der Waals surface area contributed by atoms with Gasteiger partial charge in [-0.3, -0.25) is 0 Å². The number of aromatic amines is 1. The molecule has 0 aliphatic heterocycles. The van der Waals surface area contributed by atoms with Crippen molar-refractivity contribution in [2.75, 3.05) is 0 Å². The van der Waals surface area contributed by atoms with Gasteiger partial charge < -0.3 is 0 Å². The molecule has 1 rings (SSSR count). The Morgan fingerprint density at radius 2 is 2.00 bits per heavy atom. The molecule has 0 aromatic carbocycles. The van der Waals surface area contributed by atoms with Crippen LogP contribution in [0.25, 0.3) is 0 Å². The SMILES string of the molecule is CC.Cc1cn[nH]n1.I. The number of nitrogens with zero attached hydrogens (tertiary/aromatic N) is 2. The number of aromatic nitrogens is 3. The van der Waals surface area contributed by atoms with Gasteiger partial charge >= 0.3 is 0 Å². The summed E-state index contributed by atoms with van der Waals surface area (Å²) in [6, 6.07) is 0. The summed E-state index contributed by atoms with van der Waals surface area (Å²) in [5, 5.41) is 9.70. The van der Waals surface area contributed by atoms with Crippen LogP contribution in [-0.4, -0.2) is 15.4 Å². The third-order valence-corrected chi connectivity index (χ3v) is 0.535. The quantitative estimate of drug-likeness (QED) is 0.703. The lowest BCUT2D eigenvalue weighted by Crippen LogP contribution is -1.66. The van der Waals surface area contributed by atoms with Gasteiger partial charge in [-0.25, -0.2) is 0 Å². The van der Waals surface area contributed by atoms with E-state index in [4.69, 9.17) is 0 Å². The lowest BCUT2D eigenvalue weighted by molar-refractivity contribution is 0.928. The third-order valence-electron chi connectivity index (χ3n) is 0.535. The molecule has 1 heterocycles. The second kappa shape index (κ2) is 7.87. The van der Waals surface area contributed by atoms with E-state index < -0.39 is 0 Å². The number of H-pyrrole nitrogens is 1. The predicted molar refractivity (Wildman–Crippen MR) is 47.9 cm³/mol. The van der Waals surface area contributed by atoms with Gasteiger partial charge in [-0.05, 0) is 6.92 Å². The van der Waals surface area contributed by atoms with E-state index in [1.54, 1.807) is 6.20 Å². The molecular formula is C5H12IN3. The molecule has 0 saturated heterocycles. The molecule has 0 fully saturated rings. The molecule has 0 unspecified atom stereocenters. The van der Waals surface area contributed by atoms with E-state index >= 15 is 0 Å². The Morgan fingerprint density at radius 1 is 1.44 bits per heavy atom. The van der Waals surface area contributed by atoms with Crippen LogP contribution in [-0.2, 0) is 0 Å². The number of hydrogen-bond donors (Lipinski definition) is 1. The van der Waals surface area contributed by atoms with E-state index in [0.29, 0.717) is 0 Å². The highest BCUT2D eigenvalue weighted by Crippen LogP contribution is 1.77. The van der Waals surface area contributed by atoms with Gasteiger partial charge in [-0.15, -0.1) is 24.0 Å². The Morgan fingerprint density at radius 3 is 2.11 bits per heavy atom. The van der Waals surface area contributed by atoms with Gasteiger partial charge in [0.1, 0.15) is 0 Å². The van der Waals surface area contributed by atoms with Gasteiger partial charge in [0.05, 0.1) is 11.9 Å². The molecule has 0 saturated carbocycles. The summed E-state index contributed by atoms with van der Waals surface area (Å²) >= 11 is 0. The highest BCUT2D eigenvalue weighted by Gasteiger charge is 1.76. The molecule has 1 N–H and O–H groups in total. The van der Waals surface area contributed by atoms with E-state index in [-0.39, 0.29) is 24.0 Å². The van der Waals surface area contributed by atoms with Crippen LogP contribution in [0.4, 0.5) is 0 Å². The molecule has 0 atom stereocenters. The Labute approximate surface area is 72.3 Å². The molecule has 0 amide bonds. The summed E-state index contributed by atoms with van der Waals surface area (Å²) in [6.07, 6.45) is 1.67. The third kappa shape index (κ3) is 5.75. The fourth-order valence-electron chi connectivity index (χ4n) is 0.259. The zero-order valence-corrected chi connectivity index (χ0v) is 8.21. The molecule has 1 aromatic rings. The van der Waals surface area contributed by atoms with Gasteiger partial charge in [0, 0.05) is 0 Å². The molecule has 1 aromatic heterocycles. The molecule has 4 heteroatoms. The van der Waals surface area contributed by atoms with Gasteiger partial charge in [0.25, 0.3) is 0 Å². The Bertz CT molecular complexity index is 116. The smallest absolute Gasteiger partial charge is 0.0793 e. The van der Waals surface area contributed by atoms with Crippen molar-refractivity contribution < 1.29 is 0 Å². The average Bonchev–Trinajstić information content (AvgIpc) is 2.24. The van der Waals surface area contributed by atoms with Gasteiger partial charge in [-0.1, -0.05) is 13.8 Å². The maximum Gasteiger partial charge on any atom is 0.0793 e. The molecule has 0 spiro atoms. The van der Waals surface area contributed by atoms with Gasteiger partial charge in [0.15, 0.2) is 0 Å². The van der Waals surface area contributed by atoms with E-state index in [2.05, 4.69) is 15.4 Å². The number of hydrogen-bond acceptors (Lipinski definition) is 2. The highest BCUT2D eigenvalue weighted by atomic mass is 127. The van der Waals surface area contributed by atoms with E-state index in [9.17, 15) is 0 Å². The summed E-state index contributed by atoms with van der Waals surface area (Å²) in [5.41, 5.74) is 0.926. The molecular weight excluding hydrogens is 229 g/mol. The van der Waals surface area contributed by atoms with E-state index in [1.807, 2.05) is 20.8 Å². The molecule has 54 valence electrons. The van der Waals surface area contributed by atoms with Crippen molar-refractivity contribution in [2.24, 2.45) is 0 Å². The molecule has 3 nitrogen and oxygen atoms in total. The standard InChI is InChI=1S/C3H5N3.C2H6.HI/c1-3-2-4-6-5-3;1-2;/h2H,1H3,(H,4,5,6);1-2H3;1H. The Hall–Kier alpha value is -0.130. The molecule has 0 aliphatic rings. The minimum Gasteiger partial charge on any atom is -0.198 e. The minimum absolute atomic E-state index is 0. The fraction of sp³-hybridized carbons (Fsp3) is 0.600. The largest absolute Gasteiger partial charge is 0.198 e. The zero-order valence-electron chi connectivity index (χ0n) is 5.88. The van der Waals surface area contributed by atoms with Crippen molar-refractivity contribution >= 4 is 24.0 Å². The lowest BCUT2D eigenvalue weighted by Gasteiger charge is -1.62. The highest BCUT2D eigenvalue weighted by molar-refractivity contribution is 14.0. The lowest BCUT2D eigenvalue weighted by atomic mass is 10.6. The summed E-state index contributed by atoms with van der Waals surface area (Å²) < 4.78 is 0. The fourth-order valence-corrected chi connectivity index (χ4v) is 0.259. The van der Waals surface area contributed by atoms with Gasteiger partial charge in [0.2, 0.25) is 0 Å². The van der Waals surface area contributed by atoms with E-state index in [0.717, 1.165) is 5.69 Å². The first-order chi connectivity index (χ1) is 3.89. The molecule has 0 bridgehead atoms. The molecule has 0 aliphatic carbocycles. The zero-order chi connectivity index (χ0) is 6.41. The van der Waals surface area contributed by atoms with Crippen molar-refractivity contribution in [3.05, 3.63) is 11.9 Å². The first-order valence-corrected chi connectivity index (χ1v) is 2.72. The summed E-state index contributed by atoms with van der Waals surface area (Å²) in [5.74, 6) is 0. The van der Waals surface area contributed by atoms with Crippen LogP contribution in [0, 0.1) is 6.92 Å². The van der Waals surface area contributed by atoms with Crippen LogP contribution in [0.15, 0.2) is 6.20 Å². The Balaban J connectivity index is 0. The van der Waals surface area contributed by atoms with Crippen LogP contribution in [0.3, 0.4) is 0 Å².